The molecule has 0 saturated carbocycles. The van der Waals surface area contributed by atoms with E-state index in [0.29, 0.717) is 30.4 Å². The lowest BCUT2D eigenvalue weighted by Gasteiger charge is -2.33. The van der Waals surface area contributed by atoms with Gasteiger partial charge in [-0.05, 0) is 39.7 Å². The average Bonchev–Trinajstić information content (AvgIpc) is 2.93. The minimum absolute atomic E-state index is 0.0119. The van der Waals surface area contributed by atoms with Gasteiger partial charge in [-0.25, -0.2) is 0 Å². The number of ether oxygens (including phenoxy) is 1. The molecule has 0 N–H and O–H groups in total. The first-order valence-corrected chi connectivity index (χ1v) is 9.62. The highest BCUT2D eigenvalue weighted by molar-refractivity contribution is 9.10. The van der Waals surface area contributed by atoms with Crippen molar-refractivity contribution >= 4 is 44.3 Å². The molecule has 1 fully saturated rings. The molecule has 4 rings (SSSR count). The molecule has 3 aromatic rings. The molecular formula is C20H18BrClN2O2. The van der Waals surface area contributed by atoms with Crippen molar-refractivity contribution in [1.29, 1.82) is 0 Å². The zero-order valence-electron chi connectivity index (χ0n) is 14.3. The first-order chi connectivity index (χ1) is 12.6. The summed E-state index contributed by atoms with van der Waals surface area (Å²) >= 11 is 9.59. The first-order valence-electron chi connectivity index (χ1n) is 8.45. The highest BCUT2D eigenvalue weighted by Crippen LogP contribution is 2.32. The van der Waals surface area contributed by atoms with E-state index in [1.807, 2.05) is 65.0 Å². The molecule has 1 saturated heterocycles. The maximum absolute atomic E-state index is 13.2. The number of rotatable bonds is 2. The minimum Gasteiger partial charge on any atom is -0.370 e. The van der Waals surface area contributed by atoms with Gasteiger partial charge in [-0.15, -0.1) is 0 Å². The quantitative estimate of drug-likeness (QED) is 0.581. The van der Waals surface area contributed by atoms with Gasteiger partial charge in [0.15, 0.2) is 0 Å². The van der Waals surface area contributed by atoms with Crippen molar-refractivity contribution in [2.45, 2.75) is 6.10 Å². The van der Waals surface area contributed by atoms with Crippen LogP contribution in [0.2, 0.25) is 5.02 Å². The van der Waals surface area contributed by atoms with Crippen molar-refractivity contribution in [2.24, 2.45) is 7.05 Å². The Bertz CT molecular complexity index is 929. The topological polar surface area (TPSA) is 34.5 Å². The Morgan fingerprint density at radius 1 is 1.19 bits per heavy atom. The van der Waals surface area contributed by atoms with Gasteiger partial charge in [0.25, 0.3) is 5.91 Å². The number of aromatic nitrogens is 1. The lowest BCUT2D eigenvalue weighted by molar-refractivity contribution is -0.0231. The van der Waals surface area contributed by atoms with Crippen molar-refractivity contribution < 1.29 is 9.53 Å². The van der Waals surface area contributed by atoms with E-state index in [4.69, 9.17) is 16.3 Å². The largest absolute Gasteiger partial charge is 0.370 e. The second-order valence-corrected chi connectivity index (χ2v) is 7.63. The predicted molar refractivity (Wildman–Crippen MR) is 107 cm³/mol. The number of aryl methyl sites for hydroxylation is 1. The molecule has 1 unspecified atom stereocenters. The highest BCUT2D eigenvalue weighted by Gasteiger charge is 2.29. The first kappa shape index (κ1) is 17.6. The summed E-state index contributed by atoms with van der Waals surface area (Å²) in [5.41, 5.74) is 2.73. The fourth-order valence-corrected chi connectivity index (χ4v) is 4.34. The molecule has 1 amide bonds. The predicted octanol–water partition coefficient (Wildman–Crippen LogP) is 4.81. The molecule has 2 aromatic carbocycles. The number of hydrogen-bond acceptors (Lipinski definition) is 2. The van der Waals surface area contributed by atoms with Crippen LogP contribution in [-0.2, 0) is 11.8 Å². The van der Waals surface area contributed by atoms with Gasteiger partial charge in [0.1, 0.15) is 11.8 Å². The van der Waals surface area contributed by atoms with Crippen LogP contribution in [0.25, 0.3) is 10.9 Å². The monoisotopic (exact) mass is 432 g/mol. The summed E-state index contributed by atoms with van der Waals surface area (Å²) < 4.78 is 8.68. The van der Waals surface area contributed by atoms with E-state index >= 15 is 0 Å². The normalized spacial score (nSPS) is 17.7. The molecule has 6 heteroatoms. The molecule has 4 nitrogen and oxygen atoms in total. The van der Waals surface area contributed by atoms with Crippen LogP contribution in [0.4, 0.5) is 0 Å². The van der Waals surface area contributed by atoms with E-state index in [1.165, 1.54) is 0 Å². The summed E-state index contributed by atoms with van der Waals surface area (Å²) in [6, 6.07) is 15.6. The van der Waals surface area contributed by atoms with Crippen molar-refractivity contribution in [2.75, 3.05) is 19.7 Å². The standard InChI is InChI=1S/C20H18BrClN2O2/c1-23-16-5-3-2-4-15(16)18(21)19(23)20(25)24-10-11-26-17(12-24)13-6-8-14(22)9-7-13/h2-9,17H,10-12H2,1H3. The number of hydrogen-bond donors (Lipinski definition) is 0. The van der Waals surface area contributed by atoms with Gasteiger partial charge < -0.3 is 14.2 Å². The van der Waals surface area contributed by atoms with Crippen LogP contribution in [0, 0.1) is 0 Å². The van der Waals surface area contributed by atoms with Crippen LogP contribution >= 0.6 is 27.5 Å². The number of para-hydroxylation sites is 1. The molecule has 1 aliphatic rings. The third-order valence-electron chi connectivity index (χ3n) is 4.84. The van der Waals surface area contributed by atoms with E-state index < -0.39 is 0 Å². The van der Waals surface area contributed by atoms with Gasteiger partial charge in [-0.3, -0.25) is 4.79 Å². The number of nitrogens with zero attached hydrogens (tertiary/aromatic N) is 2. The van der Waals surface area contributed by atoms with Gasteiger partial charge in [-0.2, -0.15) is 0 Å². The molecular weight excluding hydrogens is 416 g/mol. The Hall–Kier alpha value is -1.82. The molecule has 1 aromatic heterocycles. The molecule has 0 bridgehead atoms. The van der Waals surface area contributed by atoms with Crippen LogP contribution in [0.3, 0.4) is 0 Å². The number of carbonyl (C=O) groups is 1. The molecule has 26 heavy (non-hydrogen) atoms. The van der Waals surface area contributed by atoms with Crippen LogP contribution in [0.15, 0.2) is 53.0 Å². The molecule has 0 spiro atoms. The Morgan fingerprint density at radius 2 is 1.92 bits per heavy atom. The van der Waals surface area contributed by atoms with Gasteiger partial charge in [0.2, 0.25) is 0 Å². The Kier molecular flexibility index (Phi) is 4.78. The zero-order chi connectivity index (χ0) is 18.3. The van der Waals surface area contributed by atoms with E-state index in [9.17, 15) is 4.79 Å². The van der Waals surface area contributed by atoms with Crippen LogP contribution < -0.4 is 0 Å². The Balaban J connectivity index is 1.63. The van der Waals surface area contributed by atoms with Gasteiger partial charge in [0, 0.05) is 29.5 Å². The van der Waals surface area contributed by atoms with Crippen molar-refractivity contribution in [1.82, 2.24) is 9.47 Å². The number of halogens is 2. The third-order valence-corrected chi connectivity index (χ3v) is 5.90. The fourth-order valence-electron chi connectivity index (χ4n) is 3.45. The van der Waals surface area contributed by atoms with Gasteiger partial charge >= 0.3 is 0 Å². The Labute approximate surface area is 165 Å². The third kappa shape index (κ3) is 3.04. The second kappa shape index (κ2) is 7.06. The lowest BCUT2D eigenvalue weighted by Crippen LogP contribution is -2.43. The molecule has 0 aliphatic carbocycles. The summed E-state index contributed by atoms with van der Waals surface area (Å²) in [6.07, 6.45) is -0.140. The summed E-state index contributed by atoms with van der Waals surface area (Å²) in [5.74, 6) is 0.0119. The molecule has 0 radical (unpaired) electrons. The van der Waals surface area contributed by atoms with Crippen LogP contribution in [0.5, 0.6) is 0 Å². The second-order valence-electron chi connectivity index (χ2n) is 6.40. The number of fused-ring (bicyclic) bond motifs is 1. The number of amides is 1. The van der Waals surface area contributed by atoms with Gasteiger partial charge in [0.05, 0.1) is 17.6 Å². The van der Waals surface area contributed by atoms with E-state index in [0.717, 1.165) is 20.9 Å². The number of morpholine rings is 1. The van der Waals surface area contributed by atoms with Gasteiger partial charge in [-0.1, -0.05) is 41.9 Å². The number of benzene rings is 2. The molecule has 1 aliphatic heterocycles. The van der Waals surface area contributed by atoms with Crippen molar-refractivity contribution in [3.63, 3.8) is 0 Å². The smallest absolute Gasteiger partial charge is 0.271 e. The van der Waals surface area contributed by atoms with Crippen molar-refractivity contribution in [3.05, 3.63) is 69.3 Å². The van der Waals surface area contributed by atoms with E-state index in [1.54, 1.807) is 0 Å². The van der Waals surface area contributed by atoms with Crippen molar-refractivity contribution in [3.8, 4) is 0 Å². The molecule has 1 atom stereocenters. The average molecular weight is 434 g/mol. The SMILES string of the molecule is Cn1c(C(=O)N2CCOC(c3ccc(Cl)cc3)C2)c(Br)c2ccccc21. The summed E-state index contributed by atoms with van der Waals surface area (Å²) in [4.78, 5) is 15.1. The van der Waals surface area contributed by atoms with Crippen LogP contribution in [0.1, 0.15) is 22.2 Å². The fraction of sp³-hybridized carbons (Fsp3) is 0.250. The van der Waals surface area contributed by atoms with Crippen LogP contribution in [-0.4, -0.2) is 35.1 Å². The molecule has 2 heterocycles. The van der Waals surface area contributed by atoms with E-state index in [2.05, 4.69) is 15.9 Å². The summed E-state index contributed by atoms with van der Waals surface area (Å²) in [6.45, 7) is 1.62. The highest BCUT2D eigenvalue weighted by atomic mass is 79.9. The van der Waals surface area contributed by atoms with E-state index in [-0.39, 0.29) is 12.0 Å². The maximum Gasteiger partial charge on any atom is 0.271 e. The maximum atomic E-state index is 13.2. The Morgan fingerprint density at radius 3 is 2.65 bits per heavy atom. The lowest BCUT2D eigenvalue weighted by atomic mass is 10.1. The summed E-state index contributed by atoms with van der Waals surface area (Å²) in [7, 11) is 1.93. The molecule has 134 valence electrons. The number of carbonyl (C=O) groups excluding carboxylic acids is 1. The zero-order valence-corrected chi connectivity index (χ0v) is 16.6. The summed E-state index contributed by atoms with van der Waals surface area (Å²) in [5, 5.41) is 1.73. The minimum atomic E-state index is -0.140.